The highest BCUT2D eigenvalue weighted by molar-refractivity contribution is 5.90. The van der Waals surface area contributed by atoms with Gasteiger partial charge < -0.3 is 20.3 Å². The normalized spacial score (nSPS) is 18.7. The van der Waals surface area contributed by atoms with Gasteiger partial charge in [-0.25, -0.2) is 4.79 Å². The minimum absolute atomic E-state index is 0. The molecular weight excluding hydrogens is 354 g/mol. The van der Waals surface area contributed by atoms with Gasteiger partial charge in [-0.3, -0.25) is 4.79 Å². The second kappa shape index (κ2) is 9.78. The largest absolute Gasteiger partial charge is 0.465 e. The van der Waals surface area contributed by atoms with E-state index in [0.717, 1.165) is 57.5 Å². The molecule has 2 N–H and O–H groups in total. The number of hydrogen-bond acceptors (Lipinski definition) is 5. The lowest BCUT2D eigenvalue weighted by molar-refractivity contribution is -0.137. The lowest BCUT2D eigenvalue weighted by Gasteiger charge is -2.36. The third-order valence-corrected chi connectivity index (χ3v) is 5.15. The number of methoxy groups -OCH3 is 1. The fourth-order valence-electron chi connectivity index (χ4n) is 3.66. The standard InChI is InChI=1S/C19H27N3O3.ClH/c1-25-19(24)15-3-2-4-17(13-15)21-16-7-11-22(12-8-16)18(23)14-5-9-20-10-6-14;/h2-4,13-14,16,20-21H,5-12H2,1H3;1H. The minimum atomic E-state index is -0.328. The SMILES string of the molecule is COC(=O)c1cccc(NC2CCN(C(=O)C3CCNCC3)CC2)c1.Cl. The Morgan fingerprint density at radius 1 is 1.15 bits per heavy atom. The summed E-state index contributed by atoms with van der Waals surface area (Å²) in [4.78, 5) is 26.3. The molecule has 1 aromatic rings. The molecule has 144 valence electrons. The first-order valence-electron chi connectivity index (χ1n) is 9.12. The number of esters is 1. The van der Waals surface area contributed by atoms with Crippen LogP contribution in [0.4, 0.5) is 5.69 Å². The second-order valence-corrected chi connectivity index (χ2v) is 6.84. The molecule has 0 spiro atoms. The molecule has 0 radical (unpaired) electrons. The Bertz CT molecular complexity index is 612. The quantitative estimate of drug-likeness (QED) is 0.783. The van der Waals surface area contributed by atoms with Crippen molar-refractivity contribution in [3.05, 3.63) is 29.8 Å². The van der Waals surface area contributed by atoms with Gasteiger partial charge in [-0.2, -0.15) is 0 Å². The molecule has 1 aromatic carbocycles. The molecule has 0 aliphatic carbocycles. The zero-order valence-corrected chi connectivity index (χ0v) is 16.0. The summed E-state index contributed by atoms with van der Waals surface area (Å²) in [5, 5.41) is 6.79. The number of ether oxygens (including phenoxy) is 1. The first-order valence-corrected chi connectivity index (χ1v) is 9.12. The van der Waals surface area contributed by atoms with Gasteiger partial charge in [0.15, 0.2) is 0 Å². The highest BCUT2D eigenvalue weighted by atomic mass is 35.5. The Kier molecular flexibility index (Phi) is 7.72. The summed E-state index contributed by atoms with van der Waals surface area (Å²) in [7, 11) is 1.39. The number of piperidine rings is 2. The van der Waals surface area contributed by atoms with Gasteiger partial charge in [-0.05, 0) is 57.0 Å². The van der Waals surface area contributed by atoms with Gasteiger partial charge in [-0.15, -0.1) is 12.4 Å². The smallest absolute Gasteiger partial charge is 0.337 e. The molecule has 0 bridgehead atoms. The number of rotatable bonds is 4. The van der Waals surface area contributed by atoms with Crippen molar-refractivity contribution in [3.63, 3.8) is 0 Å². The van der Waals surface area contributed by atoms with Crippen LogP contribution in [0.2, 0.25) is 0 Å². The average Bonchev–Trinajstić information content (AvgIpc) is 2.68. The molecular formula is C19H28ClN3O3. The van der Waals surface area contributed by atoms with E-state index in [-0.39, 0.29) is 24.3 Å². The zero-order chi connectivity index (χ0) is 17.6. The Labute approximate surface area is 161 Å². The predicted molar refractivity (Wildman–Crippen MR) is 104 cm³/mol. The zero-order valence-electron chi connectivity index (χ0n) is 15.2. The highest BCUT2D eigenvalue weighted by Crippen LogP contribution is 2.21. The van der Waals surface area contributed by atoms with Crippen LogP contribution in [0, 0.1) is 5.92 Å². The Balaban J connectivity index is 0.00000243. The summed E-state index contributed by atoms with van der Waals surface area (Å²) in [6, 6.07) is 7.70. The van der Waals surface area contributed by atoms with Crippen LogP contribution < -0.4 is 10.6 Å². The van der Waals surface area contributed by atoms with Crippen molar-refractivity contribution < 1.29 is 14.3 Å². The van der Waals surface area contributed by atoms with Gasteiger partial charge in [0.05, 0.1) is 12.7 Å². The van der Waals surface area contributed by atoms with E-state index in [1.54, 1.807) is 6.07 Å². The molecule has 0 aromatic heterocycles. The van der Waals surface area contributed by atoms with E-state index >= 15 is 0 Å². The minimum Gasteiger partial charge on any atom is -0.465 e. The number of carbonyl (C=O) groups is 2. The number of benzene rings is 1. The lowest BCUT2D eigenvalue weighted by Crippen LogP contribution is -2.46. The number of anilines is 1. The van der Waals surface area contributed by atoms with Gasteiger partial charge >= 0.3 is 5.97 Å². The fourth-order valence-corrected chi connectivity index (χ4v) is 3.66. The summed E-state index contributed by atoms with van der Waals surface area (Å²) >= 11 is 0. The van der Waals surface area contributed by atoms with Crippen LogP contribution in [-0.2, 0) is 9.53 Å². The number of amides is 1. The molecule has 2 fully saturated rings. The number of hydrogen-bond donors (Lipinski definition) is 2. The van der Waals surface area contributed by atoms with Crippen molar-refractivity contribution in [1.82, 2.24) is 10.2 Å². The molecule has 2 heterocycles. The first-order chi connectivity index (χ1) is 12.2. The monoisotopic (exact) mass is 381 g/mol. The molecule has 0 saturated carbocycles. The molecule has 7 heteroatoms. The number of nitrogens with one attached hydrogen (secondary N) is 2. The van der Waals surface area contributed by atoms with E-state index in [1.165, 1.54) is 7.11 Å². The predicted octanol–water partition coefficient (Wildman–Crippen LogP) is 2.30. The van der Waals surface area contributed by atoms with Crippen molar-refractivity contribution in [2.75, 3.05) is 38.6 Å². The van der Waals surface area contributed by atoms with Crippen LogP contribution in [0.5, 0.6) is 0 Å². The van der Waals surface area contributed by atoms with Crippen LogP contribution in [0.1, 0.15) is 36.0 Å². The Morgan fingerprint density at radius 2 is 1.85 bits per heavy atom. The van der Waals surface area contributed by atoms with Gasteiger partial charge in [-0.1, -0.05) is 6.07 Å². The second-order valence-electron chi connectivity index (χ2n) is 6.84. The summed E-state index contributed by atoms with van der Waals surface area (Å²) in [5.74, 6) is 0.196. The average molecular weight is 382 g/mol. The number of carbonyl (C=O) groups excluding carboxylic acids is 2. The molecule has 3 rings (SSSR count). The van der Waals surface area contributed by atoms with Gasteiger partial charge in [0.25, 0.3) is 0 Å². The Hall–Kier alpha value is -1.79. The van der Waals surface area contributed by atoms with E-state index in [9.17, 15) is 9.59 Å². The maximum atomic E-state index is 12.6. The lowest BCUT2D eigenvalue weighted by atomic mass is 9.95. The third kappa shape index (κ3) is 5.11. The topological polar surface area (TPSA) is 70.7 Å². The molecule has 2 saturated heterocycles. The van der Waals surface area contributed by atoms with E-state index in [4.69, 9.17) is 4.74 Å². The third-order valence-electron chi connectivity index (χ3n) is 5.15. The summed E-state index contributed by atoms with van der Waals surface area (Å²) in [6.45, 7) is 3.50. The molecule has 6 nitrogen and oxygen atoms in total. The van der Waals surface area contributed by atoms with E-state index < -0.39 is 0 Å². The molecule has 2 aliphatic heterocycles. The van der Waals surface area contributed by atoms with Crippen molar-refractivity contribution in [2.24, 2.45) is 5.92 Å². The fraction of sp³-hybridized carbons (Fsp3) is 0.579. The van der Waals surface area contributed by atoms with E-state index in [0.29, 0.717) is 17.5 Å². The van der Waals surface area contributed by atoms with Crippen molar-refractivity contribution in [1.29, 1.82) is 0 Å². The van der Waals surface area contributed by atoms with Crippen molar-refractivity contribution in [2.45, 2.75) is 31.7 Å². The maximum Gasteiger partial charge on any atom is 0.337 e. The first kappa shape index (κ1) is 20.5. The van der Waals surface area contributed by atoms with Crippen molar-refractivity contribution >= 4 is 30.0 Å². The molecule has 2 aliphatic rings. The molecule has 26 heavy (non-hydrogen) atoms. The van der Waals surface area contributed by atoms with Crippen LogP contribution in [0.3, 0.4) is 0 Å². The van der Waals surface area contributed by atoms with Crippen LogP contribution >= 0.6 is 12.4 Å². The van der Waals surface area contributed by atoms with E-state index in [2.05, 4.69) is 10.6 Å². The van der Waals surface area contributed by atoms with Gasteiger partial charge in [0.1, 0.15) is 0 Å². The van der Waals surface area contributed by atoms with Crippen LogP contribution in [-0.4, -0.2) is 56.1 Å². The van der Waals surface area contributed by atoms with Gasteiger partial charge in [0, 0.05) is 30.7 Å². The molecule has 1 amide bonds. The molecule has 0 unspecified atom stereocenters. The van der Waals surface area contributed by atoms with E-state index in [1.807, 2.05) is 23.1 Å². The summed E-state index contributed by atoms with van der Waals surface area (Å²) in [5.41, 5.74) is 1.47. The van der Waals surface area contributed by atoms with Gasteiger partial charge in [0.2, 0.25) is 5.91 Å². The summed E-state index contributed by atoms with van der Waals surface area (Å²) in [6.07, 6.45) is 3.77. The van der Waals surface area contributed by atoms with Crippen LogP contribution in [0.25, 0.3) is 0 Å². The number of halogens is 1. The maximum absolute atomic E-state index is 12.6. The Morgan fingerprint density at radius 3 is 2.50 bits per heavy atom. The van der Waals surface area contributed by atoms with Crippen LogP contribution in [0.15, 0.2) is 24.3 Å². The molecule has 0 atom stereocenters. The number of likely N-dealkylation sites (tertiary alicyclic amines) is 1. The summed E-state index contributed by atoms with van der Waals surface area (Å²) < 4.78 is 4.76. The highest BCUT2D eigenvalue weighted by Gasteiger charge is 2.29. The number of nitrogens with zero attached hydrogens (tertiary/aromatic N) is 1. The van der Waals surface area contributed by atoms with Crippen molar-refractivity contribution in [3.8, 4) is 0 Å².